The predicted molar refractivity (Wildman–Crippen MR) is 460 cm³/mol. The number of fused-ring (bicyclic) bond motifs is 16. The summed E-state index contributed by atoms with van der Waals surface area (Å²) in [5.41, 5.74) is 8.86. The quantitative estimate of drug-likeness (QED) is 0.00961. The Kier molecular flexibility index (Phi) is 25.6. The van der Waals surface area contributed by atoms with E-state index in [4.69, 9.17) is 21.9 Å². The number of carbonyl (C=O) groups is 2. The number of Topliss-reactive ketones (excluding diaryl/α,β-unsaturated/α-hetero) is 2. The van der Waals surface area contributed by atoms with Gasteiger partial charge in [-0.3, -0.25) is 4.79 Å². The average molecular weight is 1660 g/mol. The molecule has 572 valence electrons. The van der Waals surface area contributed by atoms with Gasteiger partial charge in [-0.25, -0.2) is 18.9 Å². The Labute approximate surface area is 677 Å². The number of rotatable bonds is 36. The molecule has 0 saturated heterocycles. The van der Waals surface area contributed by atoms with Crippen LogP contribution in [-0.4, -0.2) is 44.0 Å². The van der Waals surface area contributed by atoms with Crippen molar-refractivity contribution in [2.24, 2.45) is 11.8 Å². The van der Waals surface area contributed by atoms with Crippen molar-refractivity contribution in [2.75, 3.05) is 0 Å². The number of hydrogen-bond acceptors (Lipinski definition) is 12. The van der Waals surface area contributed by atoms with E-state index in [9.17, 15) is 37.7 Å². The van der Waals surface area contributed by atoms with Crippen LogP contribution >= 0.6 is 68.4 Å². The summed E-state index contributed by atoms with van der Waals surface area (Å²) < 4.78 is 85.6. The van der Waals surface area contributed by atoms with Gasteiger partial charge >= 0.3 is 428 Å². The number of carbonyl (C=O) groups excluding carboxylic acids is 2. The summed E-state index contributed by atoms with van der Waals surface area (Å²) in [7, 11) is 0. The molecule has 2 unspecified atom stereocenters. The van der Waals surface area contributed by atoms with Crippen LogP contribution in [0.25, 0.3) is 124 Å². The summed E-state index contributed by atoms with van der Waals surface area (Å²) in [6.07, 6.45) is 35.4. The Morgan fingerprint density at radius 1 is 0.495 bits per heavy atom. The van der Waals surface area contributed by atoms with E-state index in [2.05, 4.69) is 72.5 Å². The Bertz CT molecular complexity index is 5530. The Morgan fingerprint density at radius 3 is 1.36 bits per heavy atom. The summed E-state index contributed by atoms with van der Waals surface area (Å²) >= 11 is 10.0. The summed E-state index contributed by atoms with van der Waals surface area (Å²) in [6.45, 7) is 31.3. The third-order valence-electron chi connectivity index (χ3n) is 22.8. The normalized spacial score (nSPS) is 15.3. The first-order chi connectivity index (χ1) is 54.2. The Hall–Kier alpha value is -7.92. The van der Waals surface area contributed by atoms with Crippen molar-refractivity contribution in [1.29, 1.82) is 10.5 Å². The average Bonchev–Trinajstić information content (AvgIpc) is 1.50. The molecule has 0 bridgehead atoms. The Morgan fingerprint density at radius 2 is 0.919 bits per heavy atom. The topological polar surface area (TPSA) is 126 Å². The van der Waals surface area contributed by atoms with Gasteiger partial charge < -0.3 is 0 Å². The van der Waals surface area contributed by atoms with Crippen molar-refractivity contribution in [3.63, 3.8) is 0 Å². The van der Waals surface area contributed by atoms with Gasteiger partial charge in [-0.1, -0.05) is 98.3 Å². The van der Waals surface area contributed by atoms with E-state index in [0.717, 1.165) is 165 Å². The Balaban J connectivity index is 0.980. The number of halogens is 4. The molecule has 12 aromatic rings. The molecular weight excluding hydrogens is 1570 g/mol. The molecule has 0 spiro atoms. The number of aromatic nitrogens is 4. The van der Waals surface area contributed by atoms with Crippen molar-refractivity contribution in [2.45, 2.75) is 234 Å². The van der Waals surface area contributed by atoms with E-state index in [-0.39, 0.29) is 70.4 Å². The van der Waals surface area contributed by atoms with Crippen LogP contribution in [0.4, 0.5) is 17.6 Å². The molecule has 9 aromatic heterocycles. The fourth-order valence-corrected chi connectivity index (χ4v) is 26.8. The standard InChI is InChI=1S/C90H90F4N8O2S6Se/c1-9-15-19-21-23-25-27-29-31-35-55-83(69-39-37-53(105-69)41-61-71(67(47-95)97-7)57-43-63(91)65(93)45-59(57)81(61)103)106-89-79-87(108-85(55)89)73-75-76(100-110-99-75)74-78(77(73)101(79)49-51(13-5)33-17-11-3)102(50-52(14-6)34-18-12-4)80-88(74)109-86-56(36-32-30-28-26-24-22-20-16-10-2)84(107-90(80)86)70-40-38-54(111-70)42-62-72(68(48-96)98-8)58-44-64(92)66(94)46-60(58)82(62)104/h37-46,51-52H,9-36,49-50H2,1-6H3/b61-41-,62-42-,71-67+,72-68-. The monoisotopic (exact) mass is 1660 g/mol. The number of hydrogen-bond donors (Lipinski definition) is 0. The molecule has 2 aliphatic rings. The summed E-state index contributed by atoms with van der Waals surface area (Å²) in [4.78, 5) is 39.7. The summed E-state index contributed by atoms with van der Waals surface area (Å²) in [5.74, 6) is -5.03. The van der Waals surface area contributed by atoms with Gasteiger partial charge in [0, 0.05) is 31.3 Å². The first kappa shape index (κ1) is 79.7. The SMILES string of the molecule is [C-]#[N+]/C(C#N)=C1\C(=C\c2ccc(-c3sc4c(sc5c6c7nsnc7c7c8sc9c(CCCCCCCCCCC)c(-c%10ccc(/C=C%11\C(=O)c%12cc(F)c(F)cc%12\C%11=C(\C#N)[N+]#[C-])s%10)sc9c8n(CC(CC)CCCC)c7c6n(CC(CC)CCCC)c45)c3CCCCCCCCCCC)[se]2)C(=O)c2cc(F)c(F)cc21. The first-order valence-electron chi connectivity index (χ1n) is 40.0. The van der Waals surface area contributed by atoms with Crippen molar-refractivity contribution in [3.05, 3.63) is 160 Å². The molecular formula is C90H90F4N8O2S6Se. The molecule has 14 rings (SSSR count). The number of aryl methyl sites for hydroxylation is 2. The van der Waals surface area contributed by atoms with Crippen LogP contribution in [0.5, 0.6) is 0 Å². The van der Waals surface area contributed by atoms with E-state index in [0.29, 0.717) is 16.7 Å². The maximum absolute atomic E-state index is 15.0. The molecule has 21 heteroatoms. The number of ketones is 2. The molecule has 0 N–H and O–H groups in total. The van der Waals surface area contributed by atoms with Gasteiger partial charge in [0.05, 0.1) is 12.6 Å². The van der Waals surface area contributed by atoms with Crippen LogP contribution < -0.4 is 0 Å². The zero-order valence-corrected chi connectivity index (χ0v) is 70.5. The molecule has 111 heavy (non-hydrogen) atoms. The number of unbranched alkanes of at least 4 members (excludes halogenated alkanes) is 18. The van der Waals surface area contributed by atoms with E-state index >= 15 is 0 Å². The second kappa shape index (κ2) is 35.6. The number of thiophene rings is 5. The van der Waals surface area contributed by atoms with E-state index in [1.54, 1.807) is 12.2 Å². The number of allylic oxidation sites excluding steroid dienone is 6. The zero-order chi connectivity index (χ0) is 77.7. The molecule has 0 radical (unpaired) electrons. The fourth-order valence-electron chi connectivity index (χ4n) is 16.9. The van der Waals surface area contributed by atoms with E-state index < -0.39 is 34.8 Å². The van der Waals surface area contributed by atoms with Crippen LogP contribution in [0, 0.1) is 70.9 Å². The van der Waals surface area contributed by atoms with Gasteiger partial charge in [0.2, 0.25) is 0 Å². The number of nitriles is 2. The summed E-state index contributed by atoms with van der Waals surface area (Å²) in [6, 6.07) is 15.8. The van der Waals surface area contributed by atoms with Crippen molar-refractivity contribution in [1.82, 2.24) is 17.9 Å². The molecule has 2 aliphatic carbocycles. The van der Waals surface area contributed by atoms with Crippen LogP contribution in [-0.2, 0) is 25.9 Å². The van der Waals surface area contributed by atoms with E-state index in [1.807, 2.05) is 69.6 Å². The van der Waals surface area contributed by atoms with Gasteiger partial charge in [-0.05, 0) is 54.3 Å². The zero-order valence-electron chi connectivity index (χ0n) is 63.9. The fraction of sp³-hybridized carbons (Fsp3) is 0.422. The van der Waals surface area contributed by atoms with Gasteiger partial charge in [0.15, 0.2) is 17.4 Å². The van der Waals surface area contributed by atoms with Crippen LogP contribution in [0.1, 0.15) is 261 Å². The number of nitrogens with zero attached hydrogens (tertiary/aromatic N) is 8. The molecule has 0 amide bonds. The van der Waals surface area contributed by atoms with Gasteiger partial charge in [-0.2, -0.15) is 0 Å². The van der Waals surface area contributed by atoms with Crippen LogP contribution in [0.15, 0.2) is 71.1 Å². The van der Waals surface area contributed by atoms with Gasteiger partial charge in [0.25, 0.3) is 5.70 Å². The molecule has 3 aromatic carbocycles. The number of benzene rings is 3. The van der Waals surface area contributed by atoms with Crippen LogP contribution in [0.3, 0.4) is 0 Å². The second-order valence-electron chi connectivity index (χ2n) is 30.0. The predicted octanol–water partition coefficient (Wildman–Crippen LogP) is 28.9. The minimum atomic E-state index is -1.18. The van der Waals surface area contributed by atoms with Gasteiger partial charge in [-0.15, -0.1) is 11.3 Å². The molecule has 2 atom stereocenters. The molecule has 0 fully saturated rings. The third-order valence-corrected chi connectivity index (χ3v) is 32.3. The summed E-state index contributed by atoms with van der Waals surface area (Å²) in [5, 5.41) is 22.8. The van der Waals surface area contributed by atoms with Gasteiger partial charge in [0.1, 0.15) is 0 Å². The third kappa shape index (κ3) is 15.4. The van der Waals surface area contributed by atoms with Crippen molar-refractivity contribution >= 4 is 190 Å². The van der Waals surface area contributed by atoms with Crippen molar-refractivity contribution < 1.29 is 27.2 Å². The molecule has 10 nitrogen and oxygen atoms in total. The minimum absolute atomic E-state index is 0.0143. The van der Waals surface area contributed by atoms with Crippen molar-refractivity contribution in [3.8, 4) is 31.2 Å². The molecule has 9 heterocycles. The van der Waals surface area contributed by atoms with Crippen LogP contribution in [0.2, 0.25) is 0 Å². The molecule has 0 saturated carbocycles. The molecule has 0 aliphatic heterocycles. The first-order valence-corrected chi connectivity index (χ1v) is 46.5. The van der Waals surface area contributed by atoms with E-state index in [1.165, 1.54) is 182 Å². The maximum atomic E-state index is 15.0. The second-order valence-corrected chi connectivity index (χ2v) is 38.1.